The molecule has 0 fully saturated rings. The molecule has 0 atom stereocenters. The molecule has 0 aliphatic carbocycles. The number of aryl methyl sites for hydroxylation is 1. The summed E-state index contributed by atoms with van der Waals surface area (Å²) in [5, 5.41) is 3.76. The number of pyridine rings is 2. The SMILES string of the molecule is Cn1cc(-c2cc(F)cnc2Nc2ccc(F)cc2)c2cc[nH]c(=O)c21. The number of aromatic amines is 1. The van der Waals surface area contributed by atoms with Gasteiger partial charge >= 0.3 is 0 Å². The van der Waals surface area contributed by atoms with Gasteiger partial charge in [0.25, 0.3) is 5.56 Å². The molecule has 4 aromatic rings. The molecule has 2 N–H and O–H groups in total. The first-order valence-electron chi connectivity index (χ1n) is 7.88. The summed E-state index contributed by atoms with van der Waals surface area (Å²) in [7, 11) is 1.75. The van der Waals surface area contributed by atoms with E-state index in [2.05, 4.69) is 15.3 Å². The molecular weight excluding hydrogens is 338 g/mol. The molecule has 5 nitrogen and oxygen atoms in total. The highest BCUT2D eigenvalue weighted by Gasteiger charge is 2.16. The molecule has 0 aliphatic heterocycles. The second kappa shape index (κ2) is 6.11. The Hall–Kier alpha value is -3.48. The molecule has 0 saturated heterocycles. The molecule has 0 aliphatic rings. The number of nitrogens with zero attached hydrogens (tertiary/aromatic N) is 2. The molecule has 0 bridgehead atoms. The van der Waals surface area contributed by atoms with Crippen LogP contribution in [0.2, 0.25) is 0 Å². The van der Waals surface area contributed by atoms with Gasteiger partial charge in [0, 0.05) is 41.6 Å². The normalized spacial score (nSPS) is 11.0. The Morgan fingerprint density at radius 1 is 1.08 bits per heavy atom. The number of nitrogens with one attached hydrogen (secondary N) is 2. The molecule has 0 unspecified atom stereocenters. The summed E-state index contributed by atoms with van der Waals surface area (Å²) < 4.78 is 28.7. The zero-order valence-electron chi connectivity index (χ0n) is 13.8. The highest BCUT2D eigenvalue weighted by atomic mass is 19.1. The Morgan fingerprint density at radius 2 is 1.85 bits per heavy atom. The van der Waals surface area contributed by atoms with Crippen molar-refractivity contribution in [1.29, 1.82) is 0 Å². The number of rotatable bonds is 3. The maximum Gasteiger partial charge on any atom is 0.272 e. The zero-order chi connectivity index (χ0) is 18.3. The van der Waals surface area contributed by atoms with Gasteiger partial charge in [-0.15, -0.1) is 0 Å². The van der Waals surface area contributed by atoms with Crippen LogP contribution in [0.5, 0.6) is 0 Å². The van der Waals surface area contributed by atoms with Crippen LogP contribution in [0.3, 0.4) is 0 Å². The van der Waals surface area contributed by atoms with Gasteiger partial charge < -0.3 is 14.9 Å². The molecule has 7 heteroatoms. The van der Waals surface area contributed by atoms with Crippen molar-refractivity contribution in [2.24, 2.45) is 7.05 Å². The Balaban J connectivity index is 1.89. The van der Waals surface area contributed by atoms with Crippen LogP contribution in [0, 0.1) is 11.6 Å². The minimum Gasteiger partial charge on any atom is -0.345 e. The lowest BCUT2D eigenvalue weighted by Crippen LogP contribution is -2.07. The van der Waals surface area contributed by atoms with Gasteiger partial charge in [0.05, 0.1) is 6.20 Å². The average Bonchev–Trinajstić information content (AvgIpc) is 2.96. The monoisotopic (exact) mass is 352 g/mol. The first-order valence-corrected chi connectivity index (χ1v) is 7.88. The van der Waals surface area contributed by atoms with E-state index in [0.29, 0.717) is 33.5 Å². The average molecular weight is 352 g/mol. The zero-order valence-corrected chi connectivity index (χ0v) is 13.8. The fourth-order valence-corrected chi connectivity index (χ4v) is 2.99. The molecule has 4 rings (SSSR count). The summed E-state index contributed by atoms with van der Waals surface area (Å²) in [6.45, 7) is 0. The van der Waals surface area contributed by atoms with E-state index in [4.69, 9.17) is 0 Å². The number of benzene rings is 1. The summed E-state index contributed by atoms with van der Waals surface area (Å²) in [5.41, 5.74) is 2.05. The first kappa shape index (κ1) is 16.0. The largest absolute Gasteiger partial charge is 0.345 e. The van der Waals surface area contributed by atoms with Crippen molar-refractivity contribution in [2.75, 3.05) is 5.32 Å². The second-order valence-electron chi connectivity index (χ2n) is 5.90. The molecule has 3 aromatic heterocycles. The number of aromatic nitrogens is 3. The third-order valence-corrected chi connectivity index (χ3v) is 4.15. The minimum atomic E-state index is -0.494. The second-order valence-corrected chi connectivity index (χ2v) is 5.90. The van der Waals surface area contributed by atoms with Crippen LogP contribution >= 0.6 is 0 Å². The molecule has 0 spiro atoms. The quantitative estimate of drug-likeness (QED) is 0.587. The maximum atomic E-state index is 13.9. The molecule has 0 radical (unpaired) electrons. The van der Waals surface area contributed by atoms with Crippen LogP contribution in [-0.4, -0.2) is 14.5 Å². The van der Waals surface area contributed by atoms with Crippen molar-refractivity contribution in [3.05, 3.63) is 77.0 Å². The number of hydrogen-bond donors (Lipinski definition) is 2. The van der Waals surface area contributed by atoms with Crippen molar-refractivity contribution in [1.82, 2.24) is 14.5 Å². The topological polar surface area (TPSA) is 62.7 Å². The standard InChI is InChI=1S/C19H14F2N4O/c1-25-10-16(14-6-7-22-19(26)17(14)25)15-8-12(21)9-23-18(15)24-13-4-2-11(20)3-5-13/h2-10H,1H3,(H,22,26)(H,23,24). The Kier molecular flexibility index (Phi) is 3.76. The van der Waals surface area contributed by atoms with Gasteiger partial charge in [-0.25, -0.2) is 13.8 Å². The van der Waals surface area contributed by atoms with Crippen molar-refractivity contribution in [2.45, 2.75) is 0 Å². The van der Waals surface area contributed by atoms with Crippen molar-refractivity contribution >= 4 is 22.4 Å². The van der Waals surface area contributed by atoms with Crippen LogP contribution in [-0.2, 0) is 7.05 Å². The lowest BCUT2D eigenvalue weighted by molar-refractivity contribution is 0.622. The van der Waals surface area contributed by atoms with Gasteiger partial charge in [0.1, 0.15) is 23.0 Å². The van der Waals surface area contributed by atoms with Crippen LogP contribution in [0.25, 0.3) is 22.0 Å². The number of hydrogen-bond acceptors (Lipinski definition) is 3. The molecule has 3 heterocycles. The highest BCUT2D eigenvalue weighted by molar-refractivity contribution is 5.98. The van der Waals surface area contributed by atoms with E-state index in [1.165, 1.54) is 18.2 Å². The third kappa shape index (κ3) is 2.73. The number of H-pyrrole nitrogens is 1. The van der Waals surface area contributed by atoms with E-state index in [1.807, 2.05) is 0 Å². The molecule has 130 valence electrons. The molecule has 0 amide bonds. The molecular formula is C19H14F2N4O. The fraction of sp³-hybridized carbons (Fsp3) is 0.0526. The van der Waals surface area contributed by atoms with Crippen molar-refractivity contribution in [3.63, 3.8) is 0 Å². The lowest BCUT2D eigenvalue weighted by Gasteiger charge is -2.11. The molecule has 26 heavy (non-hydrogen) atoms. The number of anilines is 2. The van der Waals surface area contributed by atoms with Crippen molar-refractivity contribution in [3.8, 4) is 11.1 Å². The Labute approximate surface area is 146 Å². The van der Waals surface area contributed by atoms with Crippen LogP contribution in [0.15, 0.2) is 59.8 Å². The molecule has 0 saturated carbocycles. The Bertz CT molecular complexity index is 1160. The summed E-state index contributed by atoms with van der Waals surface area (Å²) in [6.07, 6.45) is 4.41. The Morgan fingerprint density at radius 3 is 2.62 bits per heavy atom. The van der Waals surface area contributed by atoms with Crippen molar-refractivity contribution < 1.29 is 8.78 Å². The summed E-state index contributed by atoms with van der Waals surface area (Å²) in [6, 6.07) is 8.90. The van der Waals surface area contributed by atoms with Gasteiger partial charge in [0.2, 0.25) is 0 Å². The predicted octanol–water partition coefficient (Wildman–Crippen LogP) is 3.95. The highest BCUT2D eigenvalue weighted by Crippen LogP contribution is 2.34. The third-order valence-electron chi connectivity index (χ3n) is 4.15. The van der Waals surface area contributed by atoms with Crippen LogP contribution in [0.4, 0.5) is 20.3 Å². The van der Waals surface area contributed by atoms with Crippen LogP contribution < -0.4 is 10.9 Å². The van der Waals surface area contributed by atoms with E-state index in [-0.39, 0.29) is 11.4 Å². The van der Waals surface area contributed by atoms with E-state index < -0.39 is 5.82 Å². The summed E-state index contributed by atoms with van der Waals surface area (Å²) in [4.78, 5) is 18.9. The lowest BCUT2D eigenvalue weighted by atomic mass is 10.1. The number of halogens is 2. The van der Waals surface area contributed by atoms with Gasteiger partial charge in [0.15, 0.2) is 0 Å². The number of fused-ring (bicyclic) bond motifs is 1. The summed E-state index contributed by atoms with van der Waals surface area (Å²) >= 11 is 0. The van der Waals surface area contributed by atoms with Gasteiger partial charge in [-0.1, -0.05) is 0 Å². The van der Waals surface area contributed by atoms with E-state index in [0.717, 1.165) is 6.20 Å². The fourth-order valence-electron chi connectivity index (χ4n) is 2.99. The predicted molar refractivity (Wildman–Crippen MR) is 96.4 cm³/mol. The molecule has 1 aromatic carbocycles. The first-order chi connectivity index (χ1) is 12.5. The van der Waals surface area contributed by atoms with E-state index in [1.54, 1.807) is 42.2 Å². The summed E-state index contributed by atoms with van der Waals surface area (Å²) in [5.74, 6) is -0.437. The maximum absolute atomic E-state index is 13.9. The minimum absolute atomic E-state index is 0.228. The van der Waals surface area contributed by atoms with E-state index >= 15 is 0 Å². The van der Waals surface area contributed by atoms with E-state index in [9.17, 15) is 13.6 Å². The smallest absolute Gasteiger partial charge is 0.272 e. The van der Waals surface area contributed by atoms with Gasteiger partial charge in [-0.2, -0.15) is 0 Å². The van der Waals surface area contributed by atoms with Crippen LogP contribution in [0.1, 0.15) is 0 Å². The van der Waals surface area contributed by atoms with Gasteiger partial charge in [-0.05, 0) is 36.4 Å². The van der Waals surface area contributed by atoms with Gasteiger partial charge in [-0.3, -0.25) is 4.79 Å².